The van der Waals surface area contributed by atoms with Crippen LogP contribution in [0.2, 0.25) is 0 Å². The quantitative estimate of drug-likeness (QED) is 0.826. The number of hydrogen-bond acceptors (Lipinski definition) is 2. The van der Waals surface area contributed by atoms with Crippen LogP contribution < -0.4 is 5.32 Å². The zero-order valence-corrected chi connectivity index (χ0v) is 12.6. The molecule has 1 aliphatic heterocycles. The van der Waals surface area contributed by atoms with Crippen molar-refractivity contribution in [2.24, 2.45) is 11.8 Å². The lowest BCUT2D eigenvalue weighted by Gasteiger charge is -2.45. The Morgan fingerprint density at radius 1 is 1.06 bits per heavy atom. The van der Waals surface area contributed by atoms with Crippen molar-refractivity contribution in [2.45, 2.75) is 71.4 Å². The van der Waals surface area contributed by atoms with Crippen molar-refractivity contribution in [1.82, 2.24) is 10.2 Å². The van der Waals surface area contributed by atoms with Crippen LogP contribution in [0.3, 0.4) is 0 Å². The molecule has 1 aliphatic carbocycles. The van der Waals surface area contributed by atoms with Crippen LogP contribution in [0.15, 0.2) is 0 Å². The van der Waals surface area contributed by atoms with Crippen LogP contribution in [-0.2, 0) is 0 Å². The summed E-state index contributed by atoms with van der Waals surface area (Å²) in [6.07, 6.45) is 8.42. The van der Waals surface area contributed by atoms with E-state index in [0.29, 0.717) is 0 Å². The summed E-state index contributed by atoms with van der Waals surface area (Å²) in [4.78, 5) is 2.80. The molecule has 2 fully saturated rings. The van der Waals surface area contributed by atoms with Gasteiger partial charge in [-0.05, 0) is 50.6 Å². The fourth-order valence-corrected chi connectivity index (χ4v) is 3.95. The van der Waals surface area contributed by atoms with Crippen LogP contribution in [0.5, 0.6) is 0 Å². The minimum absolute atomic E-state index is 0.764. The van der Waals surface area contributed by atoms with Crippen molar-refractivity contribution in [2.75, 3.05) is 19.6 Å². The van der Waals surface area contributed by atoms with Gasteiger partial charge >= 0.3 is 0 Å². The Hall–Kier alpha value is -0.0800. The van der Waals surface area contributed by atoms with E-state index in [2.05, 4.69) is 31.0 Å². The summed E-state index contributed by atoms with van der Waals surface area (Å²) >= 11 is 0. The van der Waals surface area contributed by atoms with Gasteiger partial charge in [0.15, 0.2) is 0 Å². The molecule has 1 N–H and O–H groups in total. The van der Waals surface area contributed by atoms with Crippen LogP contribution >= 0.6 is 0 Å². The molecule has 0 aromatic carbocycles. The molecule has 4 unspecified atom stereocenters. The lowest BCUT2D eigenvalue weighted by molar-refractivity contribution is 0.0567. The summed E-state index contributed by atoms with van der Waals surface area (Å²) in [5.74, 6) is 1.74. The second-order valence-electron chi connectivity index (χ2n) is 6.65. The Morgan fingerprint density at radius 3 is 2.50 bits per heavy atom. The van der Waals surface area contributed by atoms with Crippen molar-refractivity contribution in [1.29, 1.82) is 0 Å². The number of piperidine rings is 1. The highest BCUT2D eigenvalue weighted by molar-refractivity contribution is 4.89. The van der Waals surface area contributed by atoms with E-state index in [0.717, 1.165) is 23.9 Å². The van der Waals surface area contributed by atoms with Crippen molar-refractivity contribution in [3.63, 3.8) is 0 Å². The van der Waals surface area contributed by atoms with Crippen molar-refractivity contribution >= 4 is 0 Å². The molecule has 0 radical (unpaired) electrons. The number of likely N-dealkylation sites (tertiary alicyclic amines) is 1. The standard InChI is InChI=1S/C16H32N2/c1-4-10-17-15-9-11-18(12-14(15)3)16-8-6-5-7-13(16)2/h13-17H,4-12H2,1-3H3. The predicted molar refractivity (Wildman–Crippen MR) is 78.9 cm³/mol. The van der Waals surface area contributed by atoms with Gasteiger partial charge in [0.1, 0.15) is 0 Å². The molecular weight excluding hydrogens is 220 g/mol. The van der Waals surface area contributed by atoms with Gasteiger partial charge in [-0.3, -0.25) is 4.90 Å². The molecule has 2 aliphatic rings. The molecule has 0 bridgehead atoms. The molecule has 1 heterocycles. The third-order valence-electron chi connectivity index (χ3n) is 5.13. The van der Waals surface area contributed by atoms with E-state index in [1.165, 1.54) is 58.2 Å². The number of rotatable bonds is 4. The highest BCUT2D eigenvalue weighted by Gasteiger charge is 2.32. The number of nitrogens with zero attached hydrogens (tertiary/aromatic N) is 1. The second kappa shape index (κ2) is 6.91. The molecule has 0 aromatic heterocycles. The first-order chi connectivity index (χ1) is 8.72. The van der Waals surface area contributed by atoms with Gasteiger partial charge in [-0.1, -0.05) is 33.6 Å². The maximum atomic E-state index is 3.73. The normalized spacial score (nSPS) is 38.8. The first-order valence-electron chi connectivity index (χ1n) is 8.19. The summed E-state index contributed by atoms with van der Waals surface area (Å²) in [5, 5.41) is 3.73. The predicted octanol–water partition coefficient (Wildman–Crippen LogP) is 3.28. The Bertz CT molecular complexity index is 241. The van der Waals surface area contributed by atoms with Crippen LogP contribution in [0, 0.1) is 11.8 Å². The van der Waals surface area contributed by atoms with E-state index in [4.69, 9.17) is 0 Å². The average Bonchev–Trinajstić information content (AvgIpc) is 2.38. The van der Waals surface area contributed by atoms with E-state index in [1.807, 2.05) is 0 Å². The zero-order chi connectivity index (χ0) is 13.0. The lowest BCUT2D eigenvalue weighted by atomic mass is 9.82. The minimum Gasteiger partial charge on any atom is -0.314 e. The fourth-order valence-electron chi connectivity index (χ4n) is 3.95. The second-order valence-corrected chi connectivity index (χ2v) is 6.65. The first kappa shape index (κ1) is 14.3. The van der Waals surface area contributed by atoms with Crippen LogP contribution in [0.25, 0.3) is 0 Å². The maximum absolute atomic E-state index is 3.73. The smallest absolute Gasteiger partial charge is 0.0121 e. The molecule has 0 amide bonds. The van der Waals surface area contributed by atoms with E-state index >= 15 is 0 Å². The lowest BCUT2D eigenvalue weighted by Crippen LogP contribution is -2.53. The highest BCUT2D eigenvalue weighted by atomic mass is 15.2. The van der Waals surface area contributed by atoms with Gasteiger partial charge in [-0.2, -0.15) is 0 Å². The third-order valence-corrected chi connectivity index (χ3v) is 5.13. The minimum atomic E-state index is 0.764. The highest BCUT2D eigenvalue weighted by Crippen LogP contribution is 2.31. The molecule has 2 rings (SSSR count). The number of nitrogens with one attached hydrogen (secondary N) is 1. The largest absolute Gasteiger partial charge is 0.314 e. The third kappa shape index (κ3) is 3.48. The first-order valence-corrected chi connectivity index (χ1v) is 8.19. The van der Waals surface area contributed by atoms with E-state index in [-0.39, 0.29) is 0 Å². The Kier molecular flexibility index (Phi) is 5.50. The molecule has 0 aromatic rings. The van der Waals surface area contributed by atoms with E-state index < -0.39 is 0 Å². The molecule has 0 spiro atoms. The molecular formula is C16H32N2. The van der Waals surface area contributed by atoms with Gasteiger partial charge in [0.05, 0.1) is 0 Å². The van der Waals surface area contributed by atoms with Gasteiger partial charge in [-0.15, -0.1) is 0 Å². The topological polar surface area (TPSA) is 15.3 Å². The average molecular weight is 252 g/mol. The summed E-state index contributed by atoms with van der Waals surface area (Å²) in [5.41, 5.74) is 0. The SMILES string of the molecule is CCCNC1CCN(C2CCCCC2C)CC1C. The van der Waals surface area contributed by atoms with Crippen LogP contribution in [0.4, 0.5) is 0 Å². The zero-order valence-electron chi connectivity index (χ0n) is 12.6. The van der Waals surface area contributed by atoms with Gasteiger partial charge in [-0.25, -0.2) is 0 Å². The van der Waals surface area contributed by atoms with Crippen molar-refractivity contribution < 1.29 is 0 Å². The van der Waals surface area contributed by atoms with Crippen molar-refractivity contribution in [3.8, 4) is 0 Å². The van der Waals surface area contributed by atoms with Crippen LogP contribution in [-0.4, -0.2) is 36.6 Å². The summed E-state index contributed by atoms with van der Waals surface area (Å²) in [7, 11) is 0. The Morgan fingerprint density at radius 2 is 1.83 bits per heavy atom. The monoisotopic (exact) mass is 252 g/mol. The van der Waals surface area contributed by atoms with Gasteiger partial charge in [0.25, 0.3) is 0 Å². The molecule has 2 nitrogen and oxygen atoms in total. The van der Waals surface area contributed by atoms with Gasteiger partial charge < -0.3 is 5.32 Å². The molecule has 1 saturated carbocycles. The molecule has 18 heavy (non-hydrogen) atoms. The Balaban J connectivity index is 1.83. The summed E-state index contributed by atoms with van der Waals surface area (Å²) in [6, 6.07) is 1.65. The molecule has 1 saturated heterocycles. The summed E-state index contributed by atoms with van der Waals surface area (Å²) < 4.78 is 0. The van der Waals surface area contributed by atoms with E-state index in [1.54, 1.807) is 0 Å². The van der Waals surface area contributed by atoms with E-state index in [9.17, 15) is 0 Å². The maximum Gasteiger partial charge on any atom is 0.0121 e. The molecule has 106 valence electrons. The molecule has 4 atom stereocenters. The van der Waals surface area contributed by atoms with Crippen molar-refractivity contribution in [3.05, 3.63) is 0 Å². The van der Waals surface area contributed by atoms with Gasteiger partial charge in [0.2, 0.25) is 0 Å². The Labute approximate surface area is 114 Å². The summed E-state index contributed by atoms with van der Waals surface area (Å²) in [6.45, 7) is 11.0. The fraction of sp³-hybridized carbons (Fsp3) is 1.00. The molecule has 2 heteroatoms. The van der Waals surface area contributed by atoms with Gasteiger partial charge in [0, 0.05) is 18.6 Å². The van der Waals surface area contributed by atoms with Crippen LogP contribution in [0.1, 0.15) is 59.3 Å². The number of hydrogen-bond donors (Lipinski definition) is 1.